The molecule has 2 fully saturated rings. The van der Waals surface area contributed by atoms with Crippen molar-refractivity contribution in [2.75, 3.05) is 19.0 Å². The van der Waals surface area contributed by atoms with Crippen LogP contribution in [0.4, 0.5) is 5.82 Å². The lowest BCUT2D eigenvalue weighted by molar-refractivity contribution is -0.199. The second-order valence-electron chi connectivity index (χ2n) is 8.06. The lowest BCUT2D eigenvalue weighted by Crippen LogP contribution is -2.31. The zero-order valence-corrected chi connectivity index (χ0v) is 17.6. The van der Waals surface area contributed by atoms with Crippen molar-refractivity contribution in [3.8, 4) is 5.75 Å². The summed E-state index contributed by atoms with van der Waals surface area (Å²) in [5.41, 5.74) is 2.32. The van der Waals surface area contributed by atoms with E-state index in [4.69, 9.17) is 18.9 Å². The molecular formula is C21H25N5O5. The molecule has 2 saturated heterocycles. The van der Waals surface area contributed by atoms with Gasteiger partial charge in [-0.15, -0.1) is 0 Å². The number of fused-ring (bicyclic) bond motifs is 2. The second-order valence-corrected chi connectivity index (χ2v) is 8.06. The standard InChI is InChI=1S/C21H25N5O5/c1-21(2)30-16-14(9-27)29-20(17(16)31-21)26-11-25-15-18(23-10-24-19(15)26)22-8-12-4-6-13(28-3)7-5-12/h4-7,10-11,14,16-17,20,27H,8-9H2,1-3H3,(H,22,23,24)/t14-,16?,17+,20-/m1/s1. The van der Waals surface area contributed by atoms with Gasteiger partial charge in [0.25, 0.3) is 0 Å². The van der Waals surface area contributed by atoms with Gasteiger partial charge in [-0.25, -0.2) is 15.0 Å². The van der Waals surface area contributed by atoms with Gasteiger partial charge in [-0.1, -0.05) is 12.1 Å². The highest BCUT2D eigenvalue weighted by atomic mass is 16.8. The van der Waals surface area contributed by atoms with Crippen LogP contribution in [-0.2, 0) is 20.8 Å². The Bertz CT molecular complexity index is 1070. The predicted molar refractivity (Wildman–Crippen MR) is 110 cm³/mol. The molecule has 0 spiro atoms. The number of anilines is 1. The molecular weight excluding hydrogens is 402 g/mol. The molecule has 2 aliphatic rings. The van der Waals surface area contributed by atoms with Crippen LogP contribution in [0.2, 0.25) is 0 Å². The Morgan fingerprint density at radius 3 is 2.65 bits per heavy atom. The van der Waals surface area contributed by atoms with Gasteiger partial charge in [-0.05, 0) is 31.5 Å². The lowest BCUT2D eigenvalue weighted by atomic mass is 10.1. The molecule has 4 atom stereocenters. The number of nitrogens with zero attached hydrogens (tertiary/aromatic N) is 4. The predicted octanol–water partition coefficient (Wildman–Crippen LogP) is 1.86. The first-order valence-electron chi connectivity index (χ1n) is 10.2. The smallest absolute Gasteiger partial charge is 0.167 e. The fraction of sp³-hybridized carbons (Fsp3) is 0.476. The summed E-state index contributed by atoms with van der Waals surface area (Å²) < 4.78 is 25.1. The van der Waals surface area contributed by atoms with Crippen molar-refractivity contribution in [2.45, 2.75) is 50.7 Å². The number of benzene rings is 1. The van der Waals surface area contributed by atoms with Gasteiger partial charge in [0.1, 0.15) is 30.4 Å². The molecule has 3 aromatic rings. The minimum absolute atomic E-state index is 0.159. The van der Waals surface area contributed by atoms with E-state index in [0.717, 1.165) is 11.3 Å². The minimum atomic E-state index is -0.749. The molecule has 5 rings (SSSR count). The maximum absolute atomic E-state index is 9.74. The summed E-state index contributed by atoms with van der Waals surface area (Å²) in [6, 6.07) is 7.81. The largest absolute Gasteiger partial charge is 0.497 e. The van der Waals surface area contributed by atoms with Crippen LogP contribution in [0.3, 0.4) is 0 Å². The van der Waals surface area contributed by atoms with Crippen molar-refractivity contribution in [1.29, 1.82) is 0 Å². The third-order valence-corrected chi connectivity index (χ3v) is 5.56. The summed E-state index contributed by atoms with van der Waals surface area (Å²) in [7, 11) is 1.64. The molecule has 0 aliphatic carbocycles. The quantitative estimate of drug-likeness (QED) is 0.608. The van der Waals surface area contributed by atoms with E-state index in [1.807, 2.05) is 42.7 Å². The highest BCUT2D eigenvalue weighted by molar-refractivity contribution is 5.82. The van der Waals surface area contributed by atoms with Gasteiger partial charge in [0.2, 0.25) is 0 Å². The summed E-state index contributed by atoms with van der Waals surface area (Å²) in [5.74, 6) is 0.683. The molecule has 4 heterocycles. The number of methoxy groups -OCH3 is 1. The minimum Gasteiger partial charge on any atom is -0.497 e. The second kappa shape index (κ2) is 7.72. The normalized spacial score (nSPS) is 26.8. The molecule has 2 N–H and O–H groups in total. The van der Waals surface area contributed by atoms with Crippen molar-refractivity contribution in [3.05, 3.63) is 42.5 Å². The molecule has 31 heavy (non-hydrogen) atoms. The Labute approximate surface area is 179 Å². The average molecular weight is 427 g/mol. The summed E-state index contributed by atoms with van der Waals surface area (Å²) in [5, 5.41) is 13.1. The van der Waals surface area contributed by atoms with E-state index >= 15 is 0 Å². The number of hydrogen-bond donors (Lipinski definition) is 2. The first kappa shape index (κ1) is 20.1. The number of aromatic nitrogens is 4. The van der Waals surface area contributed by atoms with Gasteiger partial charge in [0.05, 0.1) is 20.0 Å². The molecule has 0 amide bonds. The van der Waals surface area contributed by atoms with Crippen LogP contribution in [-0.4, -0.2) is 62.4 Å². The van der Waals surface area contributed by atoms with Gasteiger partial charge in [0, 0.05) is 6.54 Å². The maximum Gasteiger partial charge on any atom is 0.167 e. The Balaban J connectivity index is 1.40. The van der Waals surface area contributed by atoms with Crippen LogP contribution in [0.1, 0.15) is 25.6 Å². The van der Waals surface area contributed by atoms with E-state index in [9.17, 15) is 5.11 Å². The highest BCUT2D eigenvalue weighted by Crippen LogP contribution is 2.43. The number of aliphatic hydroxyl groups is 1. The van der Waals surface area contributed by atoms with Crippen molar-refractivity contribution in [1.82, 2.24) is 19.5 Å². The SMILES string of the molecule is COc1ccc(CNc2ncnc3c2ncn3[C@@H]2O[C@H](CO)C3OC(C)(C)O[C@@H]32)cc1. The van der Waals surface area contributed by atoms with E-state index in [-0.39, 0.29) is 18.8 Å². The molecule has 0 radical (unpaired) electrons. The molecule has 2 aromatic heterocycles. The van der Waals surface area contributed by atoms with Crippen LogP contribution in [0, 0.1) is 0 Å². The van der Waals surface area contributed by atoms with Crippen LogP contribution in [0.5, 0.6) is 5.75 Å². The van der Waals surface area contributed by atoms with Crippen LogP contribution < -0.4 is 10.1 Å². The molecule has 1 aromatic carbocycles. The van der Waals surface area contributed by atoms with E-state index in [1.165, 1.54) is 6.33 Å². The van der Waals surface area contributed by atoms with Crippen LogP contribution in [0.25, 0.3) is 11.2 Å². The number of aliphatic hydroxyl groups excluding tert-OH is 1. The average Bonchev–Trinajstić information content (AvgIpc) is 3.43. The number of ether oxygens (including phenoxy) is 4. The molecule has 10 nitrogen and oxygen atoms in total. The first-order valence-corrected chi connectivity index (χ1v) is 10.2. The van der Waals surface area contributed by atoms with E-state index < -0.39 is 18.1 Å². The third-order valence-electron chi connectivity index (χ3n) is 5.56. The molecule has 0 saturated carbocycles. The van der Waals surface area contributed by atoms with Gasteiger partial charge < -0.3 is 29.4 Å². The highest BCUT2D eigenvalue weighted by Gasteiger charge is 2.55. The topological polar surface area (TPSA) is 113 Å². The summed E-state index contributed by atoms with van der Waals surface area (Å²) in [6.07, 6.45) is 1.41. The summed E-state index contributed by atoms with van der Waals surface area (Å²) in [4.78, 5) is 13.3. The molecule has 10 heteroatoms. The Morgan fingerprint density at radius 2 is 1.90 bits per heavy atom. The zero-order valence-electron chi connectivity index (χ0n) is 17.6. The third kappa shape index (κ3) is 3.61. The first-order chi connectivity index (χ1) is 15.0. The lowest BCUT2D eigenvalue weighted by Gasteiger charge is -2.24. The van der Waals surface area contributed by atoms with Gasteiger partial charge in [0.15, 0.2) is 29.0 Å². The van der Waals surface area contributed by atoms with Crippen LogP contribution in [0.15, 0.2) is 36.9 Å². The zero-order chi connectivity index (χ0) is 21.6. The Hall–Kier alpha value is -2.79. The van der Waals surface area contributed by atoms with Crippen molar-refractivity contribution >= 4 is 17.0 Å². The van der Waals surface area contributed by atoms with Gasteiger partial charge in [-0.2, -0.15) is 0 Å². The van der Waals surface area contributed by atoms with Gasteiger partial charge >= 0.3 is 0 Å². The fourth-order valence-electron chi connectivity index (χ4n) is 4.13. The number of imidazole rings is 1. The molecule has 2 aliphatic heterocycles. The van der Waals surface area contributed by atoms with Crippen molar-refractivity contribution in [2.24, 2.45) is 0 Å². The van der Waals surface area contributed by atoms with E-state index in [2.05, 4.69) is 20.3 Å². The van der Waals surface area contributed by atoms with Crippen molar-refractivity contribution in [3.63, 3.8) is 0 Å². The number of nitrogens with one attached hydrogen (secondary N) is 1. The van der Waals surface area contributed by atoms with E-state index in [1.54, 1.807) is 13.4 Å². The monoisotopic (exact) mass is 427 g/mol. The molecule has 1 unspecified atom stereocenters. The maximum atomic E-state index is 9.74. The summed E-state index contributed by atoms with van der Waals surface area (Å²) >= 11 is 0. The molecule has 0 bridgehead atoms. The van der Waals surface area contributed by atoms with E-state index in [0.29, 0.717) is 23.5 Å². The fourth-order valence-corrected chi connectivity index (χ4v) is 4.13. The van der Waals surface area contributed by atoms with Crippen LogP contribution >= 0.6 is 0 Å². The summed E-state index contributed by atoms with van der Waals surface area (Å²) in [6.45, 7) is 4.12. The number of rotatable bonds is 6. The Morgan fingerprint density at radius 1 is 1.13 bits per heavy atom. The van der Waals surface area contributed by atoms with Gasteiger partial charge in [-0.3, -0.25) is 4.57 Å². The Kier molecular flexibility index (Phi) is 5.01. The van der Waals surface area contributed by atoms with Crippen molar-refractivity contribution < 1.29 is 24.1 Å². The number of hydrogen-bond acceptors (Lipinski definition) is 9. The molecule has 164 valence electrons.